The van der Waals surface area contributed by atoms with Crippen LogP contribution >= 0.6 is 0 Å². The third-order valence-corrected chi connectivity index (χ3v) is 19.9. The summed E-state index contributed by atoms with van der Waals surface area (Å²) in [6.45, 7) is 16.8. The van der Waals surface area contributed by atoms with Crippen molar-refractivity contribution in [3.63, 3.8) is 0 Å². The average Bonchev–Trinajstić information content (AvgIpc) is 1.32. The maximum absolute atomic E-state index is 8.28. The highest BCUT2D eigenvalue weighted by atomic mass is 14.9. The molecule has 1 atom stereocenters. The third kappa shape index (κ3) is 16.0. The lowest BCUT2D eigenvalue weighted by atomic mass is 9.87. The van der Waals surface area contributed by atoms with E-state index in [1.807, 2.05) is 47.7 Å². The zero-order valence-electron chi connectivity index (χ0n) is 72.8. The van der Waals surface area contributed by atoms with Gasteiger partial charge >= 0.3 is 0 Å². The number of nitrogens with zero attached hydrogens (tertiary/aromatic N) is 5. The minimum Gasteiger partial charge on any atom is -0.201 e. The van der Waals surface area contributed by atoms with Crippen LogP contribution in [-0.2, 0) is 73.8 Å². The molecule has 0 spiro atoms. The second-order valence-electron chi connectivity index (χ2n) is 27.3. The Balaban J connectivity index is 0.000000156. The molecule has 5 heterocycles. The van der Waals surface area contributed by atoms with Crippen molar-refractivity contribution in [3.8, 4) is 56.3 Å². The van der Waals surface area contributed by atoms with Gasteiger partial charge in [0.15, 0.2) is 31.0 Å². The highest BCUT2D eigenvalue weighted by Crippen LogP contribution is 2.34. The SMILES string of the molecule is Cc1ccc(-c2c3c(cc[n+]2C)CCCC3)c(C)c1.Cc1ccc(-c2cc3c(c[n+]2C)CCC3)c(C)c1.Cc1ccc(-c2cc3c(c[n+]2C)CCCC3)c(C)c1.[2H]C([2H])([2H])c1c[n+](C)c(-c2ccc(C([2H])(C)C([2H])([2H])[2H])cc2C)c(C)c1C.[2H]C([2H])([2H])c1ccc(-c2c(C)c(C)c(C([2H])([2H])[2H])c[n+]2C)c(C)c1. The van der Waals surface area contributed by atoms with Gasteiger partial charge < -0.3 is 0 Å². The molecule has 0 radical (unpaired) electrons. The number of fused-ring (bicyclic) bond motifs is 3. The first-order valence-electron chi connectivity index (χ1n) is 40.4. The number of hydrogen-bond acceptors (Lipinski definition) is 0. The van der Waals surface area contributed by atoms with Gasteiger partial charge in [-0.3, -0.25) is 0 Å². The van der Waals surface area contributed by atoms with E-state index in [2.05, 4.69) is 168 Å². The van der Waals surface area contributed by atoms with Crippen molar-refractivity contribution in [1.82, 2.24) is 0 Å². The Morgan fingerprint density at radius 1 is 0.330 bits per heavy atom. The fourth-order valence-electron chi connectivity index (χ4n) is 14.4. The fraction of sp³-hybridized carbons (Fsp3) is 0.382. The van der Waals surface area contributed by atoms with Crippen molar-refractivity contribution in [3.05, 3.63) is 263 Å². The first-order chi connectivity index (χ1) is 49.9. The lowest BCUT2D eigenvalue weighted by Crippen LogP contribution is -2.33. The number of aromatic nitrogens is 5. The standard InChI is InChI=1S/C19H26N.2C18H22N.C17H20N.C17H22N/c1-12(2)17-8-9-18(13(3)10-17)19-16(6)15(5)14(4)11-20(19)7;1-13-8-9-17(14(2)10-13)18-11-15-6-4-5-7-16(15)12-19(18)3;1-13-8-9-16(14(2)12-13)18-17-7-5-4-6-15(17)10-11-19(18)3;1-12-7-8-16(13(2)9-12)17-10-14-5-4-6-15(14)11-18(17)3;1-11-7-8-16(12(2)9-11)17-15(5)14(4)13(3)10-18(17)6/h8-12H,1-7H3;2*8-12H,4-7H2,1-3H3;7-11H,4-6H2,1-3H3;7-10H,1-6H3/q5*+1/i1D3,4D3,12D;;;;1D3,3D3. The molecule has 0 saturated heterocycles. The predicted octanol–water partition coefficient (Wildman–Crippen LogP) is 18.9. The first kappa shape index (κ1) is 54.1. The number of benzene rings is 5. The fourth-order valence-corrected chi connectivity index (χ4v) is 14.4. The smallest absolute Gasteiger partial charge is 0.201 e. The van der Waals surface area contributed by atoms with E-state index in [4.69, 9.17) is 17.8 Å². The summed E-state index contributed by atoms with van der Waals surface area (Å²) in [5.41, 5.74) is 35.5. The Hall–Kier alpha value is -8.15. The Bertz CT molecular complexity index is 4970. The molecule has 13 rings (SSSR count). The number of aryl methyl sites for hydroxylation is 21. The second kappa shape index (κ2) is 30.5. The van der Waals surface area contributed by atoms with Gasteiger partial charge in [0.1, 0.15) is 35.2 Å². The van der Waals surface area contributed by atoms with Crippen LogP contribution in [0.25, 0.3) is 56.3 Å². The van der Waals surface area contributed by atoms with E-state index in [0.29, 0.717) is 22.3 Å². The summed E-state index contributed by atoms with van der Waals surface area (Å²) in [5, 5.41) is 0. The number of rotatable bonds is 6. The van der Waals surface area contributed by atoms with E-state index in [9.17, 15) is 0 Å². The Labute approximate surface area is 586 Å². The van der Waals surface area contributed by atoms with E-state index < -0.39 is 33.3 Å². The van der Waals surface area contributed by atoms with Crippen LogP contribution in [0.5, 0.6) is 0 Å². The normalized spacial score (nSPS) is 16.0. The zero-order chi connectivity index (χ0) is 78.9. The van der Waals surface area contributed by atoms with E-state index in [-0.39, 0.29) is 0 Å². The molecule has 0 bridgehead atoms. The minimum absolute atomic E-state index is 0.305. The van der Waals surface area contributed by atoms with Gasteiger partial charge in [0.2, 0.25) is 28.5 Å². The molecule has 5 aromatic heterocycles. The molecule has 5 nitrogen and oxygen atoms in total. The van der Waals surface area contributed by atoms with Gasteiger partial charge in [-0.25, -0.2) is 22.8 Å². The largest absolute Gasteiger partial charge is 0.216 e. The van der Waals surface area contributed by atoms with Crippen LogP contribution < -0.4 is 22.8 Å². The van der Waals surface area contributed by atoms with Crippen molar-refractivity contribution in [1.29, 1.82) is 0 Å². The van der Waals surface area contributed by atoms with Crippen LogP contribution in [0.15, 0.2) is 140 Å². The number of pyridine rings is 5. The molecule has 0 N–H and O–H groups in total. The van der Waals surface area contributed by atoms with Gasteiger partial charge in [0, 0.05) is 103 Å². The zero-order valence-corrected chi connectivity index (χ0v) is 59.8. The van der Waals surface area contributed by atoms with Crippen LogP contribution in [0.4, 0.5) is 0 Å². The van der Waals surface area contributed by atoms with Gasteiger partial charge in [-0.2, -0.15) is 0 Å². The monoisotopic (exact) mass is 1260 g/mol. The molecule has 94 heavy (non-hydrogen) atoms. The molecule has 488 valence electrons. The van der Waals surface area contributed by atoms with Gasteiger partial charge in [-0.15, -0.1) is 0 Å². The van der Waals surface area contributed by atoms with Gasteiger partial charge in [0.25, 0.3) is 0 Å². The highest BCUT2D eigenvalue weighted by Gasteiger charge is 2.26. The van der Waals surface area contributed by atoms with Crippen molar-refractivity contribution in [2.24, 2.45) is 35.2 Å². The van der Waals surface area contributed by atoms with Gasteiger partial charge in [-0.1, -0.05) is 96.7 Å². The molecule has 5 heteroatoms. The summed E-state index contributed by atoms with van der Waals surface area (Å²) in [7, 11) is 10.1. The Kier molecular flexibility index (Phi) is 17.6. The second-order valence-corrected chi connectivity index (χ2v) is 27.3. The molecule has 3 aliphatic rings. The van der Waals surface area contributed by atoms with Gasteiger partial charge in [0.05, 0.1) is 0 Å². The summed E-state index contributed by atoms with van der Waals surface area (Å²) in [4.78, 5) is 0. The van der Waals surface area contributed by atoms with Crippen molar-refractivity contribution in [2.75, 3.05) is 0 Å². The summed E-state index contributed by atoms with van der Waals surface area (Å²) in [5.74, 6) is -1.70. The first-order valence-corrected chi connectivity index (χ1v) is 33.9. The molecule has 1 unspecified atom stereocenters. The summed E-state index contributed by atoms with van der Waals surface area (Å²) in [6, 6.07) is 37.7. The molecule has 0 saturated carbocycles. The van der Waals surface area contributed by atoms with E-state index >= 15 is 0 Å². The van der Waals surface area contributed by atoms with Crippen LogP contribution in [-0.4, -0.2) is 0 Å². The highest BCUT2D eigenvalue weighted by molar-refractivity contribution is 5.69. The molecule has 0 aliphatic heterocycles. The average molecular weight is 1260 g/mol. The summed E-state index contributed by atoms with van der Waals surface area (Å²) < 4.78 is 110. The Morgan fingerprint density at radius 2 is 0.723 bits per heavy atom. The number of hydrogen-bond donors (Lipinski definition) is 0. The van der Waals surface area contributed by atoms with Crippen molar-refractivity contribution >= 4 is 0 Å². The minimum atomic E-state index is -2.43. The van der Waals surface area contributed by atoms with Gasteiger partial charge in [-0.05, 0) is 272 Å². The lowest BCUT2D eigenvalue weighted by Gasteiger charge is -2.18. The van der Waals surface area contributed by atoms with E-state index in [1.54, 1.807) is 93.6 Å². The molecular formula is C89H112N5+5. The molecule has 0 fully saturated rings. The molecule has 3 aliphatic carbocycles. The predicted molar refractivity (Wildman–Crippen MR) is 396 cm³/mol. The Morgan fingerprint density at radius 3 is 1.18 bits per heavy atom. The molecule has 5 aromatic carbocycles. The molecular weight excluding hydrogens is 1140 g/mol. The summed E-state index contributed by atoms with van der Waals surface area (Å²) in [6.07, 6.45) is 24.3. The molecule has 0 amide bonds. The summed E-state index contributed by atoms with van der Waals surface area (Å²) >= 11 is 0. The van der Waals surface area contributed by atoms with Crippen molar-refractivity contribution in [2.45, 2.75) is 194 Å². The van der Waals surface area contributed by atoms with Crippen LogP contribution in [0, 0.1) is 104 Å². The van der Waals surface area contributed by atoms with Crippen LogP contribution in [0.3, 0.4) is 0 Å². The quantitative estimate of drug-likeness (QED) is 0.148. The third-order valence-electron chi connectivity index (χ3n) is 19.9. The van der Waals surface area contributed by atoms with Crippen LogP contribution in [0.2, 0.25) is 0 Å². The van der Waals surface area contributed by atoms with Crippen molar-refractivity contribution < 1.29 is 40.7 Å². The maximum Gasteiger partial charge on any atom is 0.216 e. The lowest BCUT2D eigenvalue weighted by molar-refractivity contribution is -0.661. The maximum atomic E-state index is 8.28. The van der Waals surface area contributed by atoms with E-state index in [1.165, 1.54) is 150 Å². The van der Waals surface area contributed by atoms with Crippen LogP contribution in [0.1, 0.15) is 192 Å². The van der Waals surface area contributed by atoms with E-state index in [0.717, 1.165) is 55.9 Å². The topological polar surface area (TPSA) is 19.4 Å². The molecule has 10 aromatic rings.